The van der Waals surface area contributed by atoms with Crippen molar-refractivity contribution in [3.8, 4) is 0 Å². The lowest BCUT2D eigenvalue weighted by Gasteiger charge is -2.30. The number of carbonyl (C=O) groups is 1. The highest BCUT2D eigenvalue weighted by Gasteiger charge is 2.22. The summed E-state index contributed by atoms with van der Waals surface area (Å²) in [5.74, 6) is -0.0480. The molecule has 6 heteroatoms. The zero-order chi connectivity index (χ0) is 14.3. The molecule has 1 aliphatic heterocycles. The van der Waals surface area contributed by atoms with E-state index in [1.165, 1.54) is 0 Å². The molecule has 0 spiro atoms. The molecule has 0 aromatic heterocycles. The van der Waals surface area contributed by atoms with E-state index >= 15 is 0 Å². The van der Waals surface area contributed by atoms with E-state index in [1.54, 1.807) is 14.0 Å². The van der Waals surface area contributed by atoms with Crippen LogP contribution in [0.5, 0.6) is 0 Å². The number of nitrogens with zero attached hydrogens (tertiary/aromatic N) is 1. The fourth-order valence-electron chi connectivity index (χ4n) is 2.07. The Kier molecular flexibility index (Phi) is 6.71. The molecule has 4 N–H and O–H groups in total. The fourth-order valence-corrected chi connectivity index (χ4v) is 2.07. The largest absolute Gasteiger partial charge is 0.388 e. The van der Waals surface area contributed by atoms with Crippen molar-refractivity contribution in [1.29, 1.82) is 0 Å². The summed E-state index contributed by atoms with van der Waals surface area (Å²) in [6.07, 6.45) is 2.39. The predicted octanol–water partition coefficient (Wildman–Crippen LogP) is -0.687. The van der Waals surface area contributed by atoms with Gasteiger partial charge in [-0.3, -0.25) is 9.69 Å². The molecule has 0 aliphatic carbocycles. The van der Waals surface area contributed by atoms with Gasteiger partial charge in [-0.15, -0.1) is 0 Å². The Morgan fingerprint density at radius 1 is 1.53 bits per heavy atom. The van der Waals surface area contributed by atoms with Crippen LogP contribution in [0.3, 0.4) is 0 Å². The number of rotatable bonds is 7. The van der Waals surface area contributed by atoms with E-state index in [0.717, 1.165) is 25.9 Å². The van der Waals surface area contributed by atoms with Crippen LogP contribution >= 0.6 is 0 Å². The van der Waals surface area contributed by atoms with Crippen LogP contribution < -0.4 is 11.1 Å². The predicted molar refractivity (Wildman–Crippen MR) is 73.8 cm³/mol. The minimum atomic E-state index is -0.921. The molecule has 1 aliphatic rings. The summed E-state index contributed by atoms with van der Waals surface area (Å²) in [5.41, 5.74) is 4.90. The van der Waals surface area contributed by atoms with Gasteiger partial charge in [-0.25, -0.2) is 0 Å². The van der Waals surface area contributed by atoms with Crippen molar-refractivity contribution in [2.24, 2.45) is 5.73 Å². The Bertz CT molecular complexity index is 276. The Balaban J connectivity index is 2.20. The first-order valence-electron chi connectivity index (χ1n) is 6.89. The lowest BCUT2D eigenvalue weighted by molar-refractivity contribution is -0.123. The van der Waals surface area contributed by atoms with Gasteiger partial charge in [0.1, 0.15) is 0 Å². The van der Waals surface area contributed by atoms with Crippen molar-refractivity contribution in [1.82, 2.24) is 10.2 Å². The van der Waals surface area contributed by atoms with Crippen molar-refractivity contribution in [2.45, 2.75) is 37.8 Å². The van der Waals surface area contributed by atoms with Crippen LogP contribution in [0.4, 0.5) is 0 Å². The molecule has 1 unspecified atom stereocenters. The monoisotopic (exact) mass is 273 g/mol. The third-order valence-electron chi connectivity index (χ3n) is 3.51. The summed E-state index contributed by atoms with van der Waals surface area (Å²) >= 11 is 0. The second-order valence-corrected chi connectivity index (χ2v) is 5.63. The van der Waals surface area contributed by atoms with Gasteiger partial charge in [-0.1, -0.05) is 0 Å². The van der Waals surface area contributed by atoms with Crippen molar-refractivity contribution in [3.63, 3.8) is 0 Å². The van der Waals surface area contributed by atoms with Crippen LogP contribution in [0.2, 0.25) is 0 Å². The summed E-state index contributed by atoms with van der Waals surface area (Å²) in [4.78, 5) is 13.9. The number of nitrogens with one attached hydrogen (secondary N) is 1. The van der Waals surface area contributed by atoms with Crippen molar-refractivity contribution < 1.29 is 14.6 Å². The highest BCUT2D eigenvalue weighted by Crippen LogP contribution is 2.09. The highest BCUT2D eigenvalue weighted by atomic mass is 16.5. The molecule has 1 amide bonds. The zero-order valence-corrected chi connectivity index (χ0v) is 12.0. The number of aliphatic hydroxyl groups is 1. The second-order valence-electron chi connectivity index (χ2n) is 5.63. The molecule has 1 rings (SSSR count). The van der Waals surface area contributed by atoms with Gasteiger partial charge in [-0.2, -0.15) is 0 Å². The van der Waals surface area contributed by atoms with Gasteiger partial charge < -0.3 is 20.9 Å². The molecule has 112 valence electrons. The summed E-state index contributed by atoms with van der Waals surface area (Å²) < 4.78 is 4.92. The second kappa shape index (κ2) is 7.79. The number of methoxy groups -OCH3 is 1. The number of hydrogen-bond donors (Lipinski definition) is 3. The average molecular weight is 273 g/mol. The number of hydrogen-bond acceptors (Lipinski definition) is 5. The van der Waals surface area contributed by atoms with Crippen LogP contribution in [-0.2, 0) is 9.53 Å². The standard InChI is InChI=1S/C13H27N3O3/c1-13(18,5-8-19-2)10-15-12(17)9-16-6-3-11(14)4-7-16/h11,18H,3-10,14H2,1-2H3,(H,15,17). The maximum Gasteiger partial charge on any atom is 0.234 e. The highest BCUT2D eigenvalue weighted by molar-refractivity contribution is 5.78. The molecule has 1 saturated heterocycles. The molecule has 0 radical (unpaired) electrons. The number of ether oxygens (including phenoxy) is 1. The molecule has 0 saturated carbocycles. The van der Waals surface area contributed by atoms with E-state index in [4.69, 9.17) is 10.5 Å². The Hall–Kier alpha value is -0.690. The van der Waals surface area contributed by atoms with Crippen LogP contribution in [0.1, 0.15) is 26.2 Å². The Morgan fingerprint density at radius 3 is 2.74 bits per heavy atom. The topological polar surface area (TPSA) is 87.8 Å². The lowest BCUT2D eigenvalue weighted by Crippen LogP contribution is -2.47. The SMILES string of the molecule is COCCC(C)(O)CNC(=O)CN1CCC(N)CC1. The molecule has 1 fully saturated rings. The summed E-state index contributed by atoms with van der Waals surface area (Å²) in [5, 5.41) is 12.8. The van der Waals surface area contributed by atoms with Crippen LogP contribution in [-0.4, -0.2) is 67.5 Å². The van der Waals surface area contributed by atoms with Gasteiger partial charge >= 0.3 is 0 Å². The van der Waals surface area contributed by atoms with Crippen molar-refractivity contribution in [3.05, 3.63) is 0 Å². The average Bonchev–Trinajstić information content (AvgIpc) is 2.37. The molecule has 0 aromatic rings. The van der Waals surface area contributed by atoms with Crippen LogP contribution in [0.15, 0.2) is 0 Å². The number of piperidine rings is 1. The molecule has 19 heavy (non-hydrogen) atoms. The maximum absolute atomic E-state index is 11.8. The van der Waals surface area contributed by atoms with Gasteiger partial charge in [-0.05, 0) is 19.8 Å². The zero-order valence-electron chi connectivity index (χ0n) is 12.0. The minimum Gasteiger partial charge on any atom is -0.388 e. The van der Waals surface area contributed by atoms with E-state index in [9.17, 15) is 9.90 Å². The van der Waals surface area contributed by atoms with Gasteiger partial charge in [0.15, 0.2) is 0 Å². The van der Waals surface area contributed by atoms with Crippen LogP contribution in [0.25, 0.3) is 0 Å². The quantitative estimate of drug-likeness (QED) is 0.572. The Labute approximate surface area is 115 Å². The summed E-state index contributed by atoms with van der Waals surface area (Å²) in [7, 11) is 1.59. The van der Waals surface area contributed by atoms with E-state index in [2.05, 4.69) is 10.2 Å². The first-order valence-corrected chi connectivity index (χ1v) is 6.89. The van der Waals surface area contributed by atoms with Gasteiger partial charge in [0.25, 0.3) is 0 Å². The number of likely N-dealkylation sites (tertiary alicyclic amines) is 1. The first-order chi connectivity index (χ1) is 8.93. The van der Waals surface area contributed by atoms with Crippen molar-refractivity contribution >= 4 is 5.91 Å². The van der Waals surface area contributed by atoms with Gasteiger partial charge in [0, 0.05) is 45.8 Å². The van der Waals surface area contributed by atoms with E-state index in [-0.39, 0.29) is 18.5 Å². The number of amides is 1. The third kappa shape index (κ3) is 6.87. The molecule has 1 atom stereocenters. The van der Waals surface area contributed by atoms with Gasteiger partial charge in [0.2, 0.25) is 5.91 Å². The lowest BCUT2D eigenvalue weighted by atomic mass is 10.0. The van der Waals surface area contributed by atoms with Gasteiger partial charge in [0.05, 0.1) is 12.1 Å². The van der Waals surface area contributed by atoms with E-state index in [1.807, 2.05) is 0 Å². The maximum atomic E-state index is 11.8. The van der Waals surface area contributed by atoms with E-state index < -0.39 is 5.60 Å². The normalized spacial score (nSPS) is 21.1. The smallest absolute Gasteiger partial charge is 0.234 e. The molecule has 0 aromatic carbocycles. The summed E-state index contributed by atoms with van der Waals surface area (Å²) in [6.45, 7) is 4.55. The Morgan fingerprint density at radius 2 is 2.16 bits per heavy atom. The minimum absolute atomic E-state index is 0.0480. The molecular weight excluding hydrogens is 246 g/mol. The fraction of sp³-hybridized carbons (Fsp3) is 0.923. The van der Waals surface area contributed by atoms with Crippen LogP contribution in [0, 0.1) is 0 Å². The van der Waals surface area contributed by atoms with Crippen molar-refractivity contribution in [2.75, 3.05) is 39.9 Å². The number of carbonyl (C=O) groups excluding carboxylic acids is 1. The molecule has 6 nitrogen and oxygen atoms in total. The molecular formula is C13H27N3O3. The molecule has 0 bridgehead atoms. The number of nitrogens with two attached hydrogens (primary N) is 1. The summed E-state index contributed by atoms with van der Waals surface area (Å²) in [6, 6.07) is 0.272. The third-order valence-corrected chi connectivity index (χ3v) is 3.51. The molecule has 1 heterocycles. The van der Waals surface area contributed by atoms with E-state index in [0.29, 0.717) is 19.6 Å². The first kappa shape index (κ1) is 16.4.